The highest BCUT2D eigenvalue weighted by Gasteiger charge is 2.15. The third kappa shape index (κ3) is 7.70. The topological polar surface area (TPSA) is 78.9 Å². The van der Waals surface area contributed by atoms with Crippen LogP contribution in [0.2, 0.25) is 0 Å². The first-order valence-corrected chi connectivity index (χ1v) is 5.82. The summed E-state index contributed by atoms with van der Waals surface area (Å²) in [5.74, 6) is -0.393. The zero-order chi connectivity index (χ0) is 13.3. The lowest BCUT2D eigenvalue weighted by atomic mass is 10.3. The molecule has 6 heteroatoms. The lowest BCUT2D eigenvalue weighted by Gasteiger charge is -2.25. The minimum atomic E-state index is -0.719. The van der Waals surface area contributed by atoms with Crippen molar-refractivity contribution < 1.29 is 19.4 Å². The first-order valence-electron chi connectivity index (χ1n) is 5.82. The van der Waals surface area contributed by atoms with Crippen LogP contribution in [0.4, 0.5) is 4.79 Å². The highest BCUT2D eigenvalue weighted by Crippen LogP contribution is 1.99. The number of ether oxygens (including phenoxy) is 1. The van der Waals surface area contributed by atoms with E-state index in [1.54, 1.807) is 6.92 Å². The molecule has 0 aromatic rings. The molecule has 0 aliphatic heterocycles. The number of nitrogens with zero attached hydrogens (tertiary/aromatic N) is 1. The lowest BCUT2D eigenvalue weighted by Crippen LogP contribution is -2.43. The van der Waals surface area contributed by atoms with Crippen LogP contribution in [-0.4, -0.2) is 54.4 Å². The smallest absolute Gasteiger partial charge is 0.413 e. The minimum Gasteiger partial charge on any atom is -0.450 e. The van der Waals surface area contributed by atoms with Crippen molar-refractivity contribution in [2.24, 2.45) is 0 Å². The second kappa shape index (κ2) is 8.95. The van der Waals surface area contributed by atoms with Crippen molar-refractivity contribution in [3.05, 3.63) is 0 Å². The number of nitrogens with one attached hydrogen (secondary N) is 1. The maximum atomic E-state index is 11.5. The first kappa shape index (κ1) is 15.9. The van der Waals surface area contributed by atoms with Crippen LogP contribution in [0.25, 0.3) is 0 Å². The van der Waals surface area contributed by atoms with Crippen molar-refractivity contribution in [3.8, 4) is 0 Å². The van der Waals surface area contributed by atoms with Gasteiger partial charge in [0, 0.05) is 19.2 Å². The Morgan fingerprint density at radius 3 is 2.53 bits per heavy atom. The largest absolute Gasteiger partial charge is 0.450 e. The second-order valence-corrected chi connectivity index (χ2v) is 3.91. The van der Waals surface area contributed by atoms with Crippen molar-refractivity contribution in [2.45, 2.75) is 33.2 Å². The Labute approximate surface area is 102 Å². The van der Waals surface area contributed by atoms with E-state index in [1.807, 2.05) is 18.7 Å². The number of hydrogen-bond acceptors (Lipinski definition) is 5. The molecular weight excluding hydrogens is 224 g/mol. The van der Waals surface area contributed by atoms with E-state index in [1.165, 1.54) is 0 Å². The Kier molecular flexibility index (Phi) is 8.35. The fraction of sp³-hybridized carbons (Fsp3) is 0.818. The van der Waals surface area contributed by atoms with Crippen LogP contribution < -0.4 is 5.32 Å². The third-order valence-corrected chi connectivity index (χ3v) is 2.20. The van der Waals surface area contributed by atoms with Gasteiger partial charge in [0.25, 0.3) is 0 Å². The molecule has 0 saturated heterocycles. The van der Waals surface area contributed by atoms with Crippen LogP contribution in [0.15, 0.2) is 0 Å². The molecular formula is C11H22N2O4. The van der Waals surface area contributed by atoms with E-state index in [4.69, 9.17) is 5.11 Å². The predicted octanol–water partition coefficient (Wildman–Crippen LogP) is 0.352. The normalized spacial score (nSPS) is 10.7. The van der Waals surface area contributed by atoms with E-state index in [0.717, 1.165) is 0 Å². The van der Waals surface area contributed by atoms with Crippen molar-refractivity contribution >= 4 is 12.0 Å². The molecule has 0 rings (SSSR count). The number of rotatable bonds is 7. The fourth-order valence-electron chi connectivity index (χ4n) is 1.30. The van der Waals surface area contributed by atoms with E-state index in [9.17, 15) is 9.59 Å². The molecule has 0 aliphatic carbocycles. The molecule has 0 fully saturated rings. The van der Waals surface area contributed by atoms with Crippen molar-refractivity contribution in [3.63, 3.8) is 0 Å². The number of alkyl carbamates (subject to hydrolysis) is 1. The van der Waals surface area contributed by atoms with Gasteiger partial charge in [-0.1, -0.05) is 0 Å². The Bertz CT molecular complexity index is 244. The van der Waals surface area contributed by atoms with Crippen LogP contribution >= 0.6 is 0 Å². The summed E-state index contributed by atoms with van der Waals surface area (Å²) < 4.78 is 4.61. The van der Waals surface area contributed by atoms with Crippen LogP contribution in [0.5, 0.6) is 0 Å². The van der Waals surface area contributed by atoms with Gasteiger partial charge in [-0.05, 0) is 27.2 Å². The summed E-state index contributed by atoms with van der Waals surface area (Å²) >= 11 is 0. The number of imide groups is 1. The maximum Gasteiger partial charge on any atom is 0.413 e. The number of aliphatic hydroxyl groups is 1. The summed E-state index contributed by atoms with van der Waals surface area (Å²) in [6.07, 6.45) is -0.117. The summed E-state index contributed by atoms with van der Waals surface area (Å²) in [5.41, 5.74) is 0. The van der Waals surface area contributed by atoms with Crippen LogP contribution in [-0.2, 0) is 9.53 Å². The zero-order valence-electron chi connectivity index (χ0n) is 10.7. The maximum absolute atomic E-state index is 11.5. The molecule has 0 atom stereocenters. The second-order valence-electron chi connectivity index (χ2n) is 3.91. The van der Waals surface area contributed by atoms with E-state index < -0.39 is 12.0 Å². The minimum absolute atomic E-state index is 0.0860. The van der Waals surface area contributed by atoms with E-state index in [2.05, 4.69) is 10.1 Å². The Balaban J connectivity index is 4.07. The van der Waals surface area contributed by atoms with E-state index in [-0.39, 0.29) is 25.8 Å². The third-order valence-electron chi connectivity index (χ3n) is 2.20. The van der Waals surface area contributed by atoms with Crippen LogP contribution in [0, 0.1) is 0 Å². The molecule has 0 bridgehead atoms. The van der Waals surface area contributed by atoms with Gasteiger partial charge in [-0.2, -0.15) is 0 Å². The molecule has 0 aliphatic rings. The van der Waals surface area contributed by atoms with Crippen molar-refractivity contribution in [2.75, 3.05) is 26.3 Å². The zero-order valence-corrected chi connectivity index (χ0v) is 10.7. The van der Waals surface area contributed by atoms with Gasteiger partial charge < -0.3 is 9.84 Å². The Morgan fingerprint density at radius 1 is 1.41 bits per heavy atom. The standard InChI is InChI=1S/C11H22N2O4/c1-4-17-11(16)12-10(15)8-13(9(2)3)6-5-7-14/h9,14H,4-8H2,1-3H3,(H,12,15,16). The fourth-order valence-corrected chi connectivity index (χ4v) is 1.30. The number of aliphatic hydroxyl groups excluding tert-OH is 1. The van der Waals surface area contributed by atoms with Crippen LogP contribution in [0.1, 0.15) is 27.2 Å². The average Bonchev–Trinajstić information content (AvgIpc) is 2.23. The van der Waals surface area contributed by atoms with Gasteiger partial charge in [0.15, 0.2) is 0 Å². The predicted molar refractivity (Wildman–Crippen MR) is 63.6 cm³/mol. The average molecular weight is 246 g/mol. The molecule has 0 unspecified atom stereocenters. The molecule has 0 heterocycles. The van der Waals surface area contributed by atoms with Gasteiger partial charge in [-0.3, -0.25) is 15.0 Å². The summed E-state index contributed by atoms with van der Waals surface area (Å²) in [6.45, 7) is 6.64. The van der Waals surface area contributed by atoms with Gasteiger partial charge >= 0.3 is 6.09 Å². The molecule has 17 heavy (non-hydrogen) atoms. The highest BCUT2D eigenvalue weighted by molar-refractivity contribution is 5.92. The summed E-state index contributed by atoms with van der Waals surface area (Å²) in [5, 5.41) is 10.9. The van der Waals surface area contributed by atoms with E-state index in [0.29, 0.717) is 13.0 Å². The molecule has 0 spiro atoms. The molecule has 6 nitrogen and oxygen atoms in total. The number of carbonyl (C=O) groups is 2. The number of amides is 2. The van der Waals surface area contributed by atoms with Crippen molar-refractivity contribution in [1.29, 1.82) is 0 Å². The van der Waals surface area contributed by atoms with Gasteiger partial charge in [-0.25, -0.2) is 4.79 Å². The van der Waals surface area contributed by atoms with Gasteiger partial charge in [0.05, 0.1) is 13.2 Å². The molecule has 2 N–H and O–H groups in total. The molecule has 0 aromatic carbocycles. The molecule has 2 amide bonds. The molecule has 0 radical (unpaired) electrons. The van der Waals surface area contributed by atoms with Gasteiger partial charge in [0.2, 0.25) is 5.91 Å². The monoisotopic (exact) mass is 246 g/mol. The first-order chi connectivity index (χ1) is 8.01. The van der Waals surface area contributed by atoms with Gasteiger partial charge in [-0.15, -0.1) is 0 Å². The number of carbonyl (C=O) groups excluding carboxylic acids is 2. The Hall–Kier alpha value is -1.14. The summed E-state index contributed by atoms with van der Waals surface area (Å²) in [4.78, 5) is 24.4. The number of hydrogen-bond donors (Lipinski definition) is 2. The highest BCUT2D eigenvalue weighted by atomic mass is 16.5. The van der Waals surface area contributed by atoms with Gasteiger partial charge in [0.1, 0.15) is 0 Å². The Morgan fingerprint density at radius 2 is 2.06 bits per heavy atom. The SMILES string of the molecule is CCOC(=O)NC(=O)CN(CCCO)C(C)C. The molecule has 0 aromatic heterocycles. The lowest BCUT2D eigenvalue weighted by molar-refractivity contribution is -0.122. The summed E-state index contributed by atoms with van der Waals surface area (Å²) in [6, 6.07) is 0.175. The quantitative estimate of drug-likeness (QED) is 0.677. The molecule has 100 valence electrons. The van der Waals surface area contributed by atoms with Crippen molar-refractivity contribution in [1.82, 2.24) is 10.2 Å². The molecule has 0 saturated carbocycles. The summed E-state index contributed by atoms with van der Waals surface area (Å²) in [7, 11) is 0. The van der Waals surface area contributed by atoms with Crippen LogP contribution in [0.3, 0.4) is 0 Å². The van der Waals surface area contributed by atoms with E-state index >= 15 is 0 Å².